The van der Waals surface area contributed by atoms with Gasteiger partial charge in [0.15, 0.2) is 0 Å². The fourth-order valence-corrected chi connectivity index (χ4v) is 1.69. The van der Waals surface area contributed by atoms with E-state index in [0.29, 0.717) is 31.6 Å². The van der Waals surface area contributed by atoms with Gasteiger partial charge in [-0.3, -0.25) is 0 Å². The maximum atomic E-state index is 11.7. The van der Waals surface area contributed by atoms with E-state index >= 15 is 0 Å². The van der Waals surface area contributed by atoms with Crippen LogP contribution in [0.15, 0.2) is 24.3 Å². The molecule has 0 heterocycles. The van der Waals surface area contributed by atoms with Gasteiger partial charge in [0.1, 0.15) is 5.75 Å². The number of rotatable bonds is 10. The summed E-state index contributed by atoms with van der Waals surface area (Å²) in [6.45, 7) is 3.33. The van der Waals surface area contributed by atoms with Crippen LogP contribution in [0.25, 0.3) is 0 Å². The number of carbonyl (C=O) groups is 1. The third-order valence-electron chi connectivity index (χ3n) is 2.89. The van der Waals surface area contributed by atoms with E-state index in [4.69, 9.17) is 14.6 Å². The number of aliphatic hydroxyl groups is 1. The summed E-state index contributed by atoms with van der Waals surface area (Å²) in [4.78, 5) is 11.7. The Labute approximate surface area is 120 Å². The largest absolute Gasteiger partial charge is 0.494 e. The second-order valence-corrected chi connectivity index (χ2v) is 4.65. The first-order chi connectivity index (χ1) is 9.77. The maximum absolute atomic E-state index is 11.7. The zero-order chi connectivity index (χ0) is 14.6. The minimum absolute atomic E-state index is 0.127. The Hall–Kier alpha value is -1.55. The first-order valence-electron chi connectivity index (χ1n) is 7.28. The van der Waals surface area contributed by atoms with Crippen molar-refractivity contribution in [3.63, 3.8) is 0 Å². The normalized spacial score (nSPS) is 10.3. The van der Waals surface area contributed by atoms with Crippen molar-refractivity contribution >= 4 is 5.97 Å². The average Bonchev–Trinajstić information content (AvgIpc) is 2.48. The highest BCUT2D eigenvalue weighted by molar-refractivity contribution is 5.89. The highest BCUT2D eigenvalue weighted by Gasteiger charge is 2.06. The lowest BCUT2D eigenvalue weighted by molar-refractivity contribution is 0.0492. The fourth-order valence-electron chi connectivity index (χ4n) is 1.69. The predicted molar refractivity (Wildman–Crippen MR) is 78.1 cm³/mol. The van der Waals surface area contributed by atoms with Crippen molar-refractivity contribution in [2.24, 2.45) is 0 Å². The number of hydrogen-bond donors (Lipinski definition) is 1. The van der Waals surface area contributed by atoms with Crippen molar-refractivity contribution in [1.82, 2.24) is 0 Å². The number of esters is 1. The van der Waals surface area contributed by atoms with Crippen molar-refractivity contribution in [2.45, 2.75) is 39.0 Å². The molecule has 20 heavy (non-hydrogen) atoms. The van der Waals surface area contributed by atoms with E-state index in [9.17, 15) is 4.79 Å². The van der Waals surface area contributed by atoms with Crippen molar-refractivity contribution < 1.29 is 19.4 Å². The molecule has 0 bridgehead atoms. The van der Waals surface area contributed by atoms with E-state index in [1.165, 1.54) is 6.42 Å². The highest BCUT2D eigenvalue weighted by atomic mass is 16.5. The van der Waals surface area contributed by atoms with Crippen LogP contribution in [-0.4, -0.2) is 30.9 Å². The van der Waals surface area contributed by atoms with Gasteiger partial charge in [0.25, 0.3) is 0 Å². The lowest BCUT2D eigenvalue weighted by Gasteiger charge is -2.07. The zero-order valence-corrected chi connectivity index (χ0v) is 12.1. The van der Waals surface area contributed by atoms with E-state index in [1.807, 2.05) is 0 Å². The summed E-state index contributed by atoms with van der Waals surface area (Å²) in [6, 6.07) is 7.00. The van der Waals surface area contributed by atoms with Crippen LogP contribution in [0.1, 0.15) is 49.4 Å². The third kappa shape index (κ3) is 6.57. The van der Waals surface area contributed by atoms with E-state index in [1.54, 1.807) is 24.3 Å². The van der Waals surface area contributed by atoms with E-state index in [0.717, 1.165) is 18.6 Å². The highest BCUT2D eigenvalue weighted by Crippen LogP contribution is 2.13. The Bertz CT molecular complexity index is 373. The van der Waals surface area contributed by atoms with Crippen LogP contribution in [0.4, 0.5) is 0 Å². The maximum Gasteiger partial charge on any atom is 0.338 e. The summed E-state index contributed by atoms with van der Waals surface area (Å²) in [5.74, 6) is 0.443. The summed E-state index contributed by atoms with van der Waals surface area (Å²) in [6.07, 6.45) is 4.71. The molecule has 0 aliphatic carbocycles. The van der Waals surface area contributed by atoms with Gasteiger partial charge in [0, 0.05) is 6.61 Å². The average molecular weight is 280 g/mol. The molecular weight excluding hydrogens is 256 g/mol. The van der Waals surface area contributed by atoms with Crippen LogP contribution < -0.4 is 4.74 Å². The van der Waals surface area contributed by atoms with Gasteiger partial charge in [-0.05, 0) is 43.5 Å². The number of aliphatic hydroxyl groups excluding tert-OH is 1. The molecule has 1 aromatic rings. The summed E-state index contributed by atoms with van der Waals surface area (Å²) < 4.78 is 10.7. The van der Waals surface area contributed by atoms with Crippen LogP contribution in [-0.2, 0) is 4.74 Å². The zero-order valence-electron chi connectivity index (χ0n) is 12.1. The first-order valence-corrected chi connectivity index (χ1v) is 7.28. The van der Waals surface area contributed by atoms with Gasteiger partial charge in [-0.15, -0.1) is 0 Å². The fraction of sp³-hybridized carbons (Fsp3) is 0.562. The lowest BCUT2D eigenvalue weighted by Crippen LogP contribution is -2.07. The summed E-state index contributed by atoms with van der Waals surface area (Å²) >= 11 is 0. The Morgan fingerprint density at radius 3 is 2.40 bits per heavy atom. The van der Waals surface area contributed by atoms with Crippen LogP contribution >= 0.6 is 0 Å². The summed E-state index contributed by atoms with van der Waals surface area (Å²) in [5, 5.41) is 8.63. The van der Waals surface area contributed by atoms with Crippen molar-refractivity contribution in [2.75, 3.05) is 19.8 Å². The second kappa shape index (κ2) is 10.3. The third-order valence-corrected chi connectivity index (χ3v) is 2.89. The molecule has 0 fully saturated rings. The Morgan fingerprint density at radius 2 is 1.75 bits per heavy atom. The second-order valence-electron chi connectivity index (χ2n) is 4.65. The number of benzene rings is 1. The standard InChI is InChI=1S/C16H24O4/c1-2-3-5-12-19-15-9-7-14(8-10-15)16(18)20-13-6-4-11-17/h7-10,17H,2-6,11-13H2,1H3. The minimum Gasteiger partial charge on any atom is -0.494 e. The van der Waals surface area contributed by atoms with E-state index < -0.39 is 0 Å². The van der Waals surface area contributed by atoms with Gasteiger partial charge in [0.2, 0.25) is 0 Å². The van der Waals surface area contributed by atoms with Gasteiger partial charge < -0.3 is 14.6 Å². The van der Waals surface area contributed by atoms with Gasteiger partial charge in [-0.25, -0.2) is 4.79 Å². The molecule has 0 atom stereocenters. The van der Waals surface area contributed by atoms with Gasteiger partial charge in [-0.2, -0.15) is 0 Å². The van der Waals surface area contributed by atoms with Gasteiger partial charge >= 0.3 is 5.97 Å². The van der Waals surface area contributed by atoms with E-state index in [2.05, 4.69) is 6.92 Å². The molecule has 0 amide bonds. The molecule has 0 saturated carbocycles. The molecule has 0 radical (unpaired) electrons. The number of ether oxygens (including phenoxy) is 2. The van der Waals surface area contributed by atoms with Gasteiger partial charge in [-0.1, -0.05) is 19.8 Å². The molecule has 0 aromatic heterocycles. The molecule has 0 spiro atoms. The molecular formula is C16H24O4. The van der Waals surface area contributed by atoms with Crippen molar-refractivity contribution in [1.29, 1.82) is 0 Å². The molecule has 1 aromatic carbocycles. The topological polar surface area (TPSA) is 55.8 Å². The number of carbonyl (C=O) groups excluding carboxylic acids is 1. The number of hydrogen-bond acceptors (Lipinski definition) is 4. The first kappa shape index (κ1) is 16.5. The SMILES string of the molecule is CCCCCOc1ccc(C(=O)OCCCCO)cc1. The van der Waals surface area contributed by atoms with Crippen molar-refractivity contribution in [3.05, 3.63) is 29.8 Å². The van der Waals surface area contributed by atoms with Gasteiger partial charge in [0.05, 0.1) is 18.8 Å². The van der Waals surface area contributed by atoms with Crippen molar-refractivity contribution in [3.8, 4) is 5.75 Å². The molecule has 1 rings (SSSR count). The molecule has 0 unspecified atom stereocenters. The van der Waals surface area contributed by atoms with Crippen LogP contribution in [0, 0.1) is 0 Å². The molecule has 1 N–H and O–H groups in total. The summed E-state index contributed by atoms with van der Waals surface area (Å²) in [5.41, 5.74) is 0.523. The quantitative estimate of drug-likeness (QED) is 0.528. The monoisotopic (exact) mass is 280 g/mol. The summed E-state index contributed by atoms with van der Waals surface area (Å²) in [7, 11) is 0. The number of unbranched alkanes of at least 4 members (excludes halogenated alkanes) is 3. The van der Waals surface area contributed by atoms with Crippen LogP contribution in [0.5, 0.6) is 5.75 Å². The van der Waals surface area contributed by atoms with E-state index in [-0.39, 0.29) is 12.6 Å². The predicted octanol–water partition coefficient (Wildman–Crippen LogP) is 3.18. The molecule has 0 saturated heterocycles. The minimum atomic E-state index is -0.333. The van der Waals surface area contributed by atoms with Crippen LogP contribution in [0.3, 0.4) is 0 Å². The Morgan fingerprint density at radius 1 is 1.05 bits per heavy atom. The molecule has 0 aliphatic rings. The molecule has 0 aliphatic heterocycles. The molecule has 4 nitrogen and oxygen atoms in total. The molecule has 112 valence electrons. The Balaban J connectivity index is 2.31. The smallest absolute Gasteiger partial charge is 0.338 e. The Kier molecular flexibility index (Phi) is 8.47. The van der Waals surface area contributed by atoms with Crippen LogP contribution in [0.2, 0.25) is 0 Å². The molecule has 4 heteroatoms. The lowest BCUT2D eigenvalue weighted by atomic mass is 10.2.